The van der Waals surface area contributed by atoms with Crippen LogP contribution in [0.4, 0.5) is 5.69 Å². The van der Waals surface area contributed by atoms with Crippen LogP contribution < -0.4 is 9.47 Å². The first kappa shape index (κ1) is 31.1. The van der Waals surface area contributed by atoms with Gasteiger partial charge < -0.3 is 9.32 Å². The number of fused-ring (bicyclic) bond motifs is 2. The molecule has 2 aromatic heterocycles. The number of pyridine rings is 1. The van der Waals surface area contributed by atoms with Crippen molar-refractivity contribution < 1.29 is 8.98 Å². The van der Waals surface area contributed by atoms with Gasteiger partial charge in [-0.3, -0.25) is 0 Å². The highest BCUT2D eigenvalue weighted by Crippen LogP contribution is 2.45. The Balaban J connectivity index is 0.924. The van der Waals surface area contributed by atoms with Gasteiger partial charge in [-0.25, -0.2) is 4.57 Å². The fourth-order valence-electron chi connectivity index (χ4n) is 8.22. The second-order valence-electron chi connectivity index (χ2n) is 15.6. The summed E-state index contributed by atoms with van der Waals surface area (Å²) < 4.78 is 8.04. The summed E-state index contributed by atoms with van der Waals surface area (Å²) in [6.45, 7) is 8.58. The zero-order valence-corrected chi connectivity index (χ0v) is 28.0. The summed E-state index contributed by atoms with van der Waals surface area (Å²) in [5.74, 6) is 2.67. The lowest BCUT2D eigenvalue weighted by Crippen LogP contribution is -2.28. The Kier molecular flexibility index (Phi) is 9.64. The fraction of sp³-hybridized carbons (Fsp3) is 0.600. The first-order valence-electron chi connectivity index (χ1n) is 17.8. The van der Waals surface area contributed by atoms with Gasteiger partial charge in [-0.05, 0) is 117 Å². The number of benzene rings is 1. The number of nitrogens with zero attached hydrogens (tertiary/aromatic N) is 3. The SMILES string of the molecule is C[n+]1cccc2oc(/C=C3\C=CN(CCCCCC4(C)CCC(CCCC5CCC(C)(C)CC5)CC4)c4ccccc43)nc21. The van der Waals surface area contributed by atoms with Crippen molar-refractivity contribution in [1.29, 1.82) is 0 Å². The molecule has 2 fully saturated rings. The molecule has 0 spiro atoms. The van der Waals surface area contributed by atoms with Gasteiger partial charge in [-0.1, -0.05) is 71.1 Å². The monoisotopic (exact) mass is 594 g/mol. The molecule has 4 heteroatoms. The van der Waals surface area contributed by atoms with Gasteiger partial charge in [0.25, 0.3) is 0 Å². The van der Waals surface area contributed by atoms with Crippen LogP contribution in [0, 0.1) is 22.7 Å². The number of unbranched alkanes of at least 4 members (excludes halogenated alkanes) is 2. The van der Waals surface area contributed by atoms with Gasteiger partial charge in [0.15, 0.2) is 0 Å². The Morgan fingerprint density at radius 3 is 2.36 bits per heavy atom. The Morgan fingerprint density at radius 1 is 0.886 bits per heavy atom. The standard InChI is InChI=1S/C40H56N3O/c1-39(2)23-17-31(18-24-39)12-10-13-32-19-25-40(3,26-20-32)22-8-5-9-28-43-29-21-33(34-14-6-7-15-35(34)43)30-37-41-38-36(44-37)16-11-27-42(38)4/h6-7,11,14-16,21,27,29-32H,5,8-10,12-13,17-20,22-26,28H2,1-4H3/q+1. The molecule has 0 amide bonds. The van der Waals surface area contributed by atoms with E-state index in [0.717, 1.165) is 35.2 Å². The number of hydrogen-bond acceptors (Lipinski definition) is 3. The molecule has 4 nitrogen and oxygen atoms in total. The van der Waals surface area contributed by atoms with Crippen molar-refractivity contribution in [2.45, 2.75) is 117 Å². The first-order valence-corrected chi connectivity index (χ1v) is 17.8. The number of anilines is 1. The van der Waals surface area contributed by atoms with Crippen molar-refractivity contribution in [3.05, 3.63) is 66.3 Å². The van der Waals surface area contributed by atoms with E-state index in [1.54, 1.807) is 0 Å². The minimum absolute atomic E-state index is 0.574. The minimum atomic E-state index is 0.574. The molecule has 236 valence electrons. The van der Waals surface area contributed by atoms with E-state index in [-0.39, 0.29) is 0 Å². The highest BCUT2D eigenvalue weighted by Gasteiger charge is 2.31. The van der Waals surface area contributed by atoms with Crippen molar-refractivity contribution in [2.75, 3.05) is 11.4 Å². The van der Waals surface area contributed by atoms with Gasteiger partial charge >= 0.3 is 11.5 Å². The average Bonchev–Trinajstić information content (AvgIpc) is 3.44. The van der Waals surface area contributed by atoms with Crippen LogP contribution in [-0.2, 0) is 7.05 Å². The molecule has 2 aliphatic carbocycles. The maximum atomic E-state index is 6.04. The van der Waals surface area contributed by atoms with Crippen LogP contribution in [0.1, 0.15) is 129 Å². The van der Waals surface area contributed by atoms with Crippen LogP contribution >= 0.6 is 0 Å². The van der Waals surface area contributed by atoms with E-state index in [1.807, 2.05) is 29.9 Å². The van der Waals surface area contributed by atoms with Gasteiger partial charge in [0, 0.05) is 35.1 Å². The molecule has 1 aromatic carbocycles. The molecule has 2 saturated carbocycles. The normalized spacial score (nSPS) is 24.7. The van der Waals surface area contributed by atoms with Crippen LogP contribution in [0.5, 0.6) is 0 Å². The number of allylic oxidation sites excluding steroid dienone is 2. The molecule has 0 atom stereocenters. The quantitative estimate of drug-likeness (QED) is 0.164. The second-order valence-corrected chi connectivity index (χ2v) is 15.6. The van der Waals surface area contributed by atoms with Crippen molar-refractivity contribution in [1.82, 2.24) is 4.98 Å². The van der Waals surface area contributed by atoms with E-state index in [2.05, 4.69) is 68.3 Å². The van der Waals surface area contributed by atoms with Crippen molar-refractivity contribution in [2.24, 2.45) is 29.7 Å². The fourth-order valence-corrected chi connectivity index (χ4v) is 8.22. The van der Waals surface area contributed by atoms with E-state index >= 15 is 0 Å². The third kappa shape index (κ3) is 7.66. The second kappa shape index (κ2) is 13.6. The summed E-state index contributed by atoms with van der Waals surface area (Å²) in [5, 5.41) is 0. The third-order valence-corrected chi connectivity index (χ3v) is 11.5. The number of aromatic nitrogens is 2. The van der Waals surface area contributed by atoms with Gasteiger partial charge in [0.05, 0.1) is 13.2 Å². The lowest BCUT2D eigenvalue weighted by Gasteiger charge is -2.38. The van der Waals surface area contributed by atoms with E-state index < -0.39 is 0 Å². The van der Waals surface area contributed by atoms with Gasteiger partial charge in [0.2, 0.25) is 5.58 Å². The Bertz CT molecular complexity index is 1440. The number of aryl methyl sites for hydroxylation is 1. The van der Waals surface area contributed by atoms with E-state index in [9.17, 15) is 0 Å². The molecule has 3 aliphatic rings. The van der Waals surface area contributed by atoms with Crippen LogP contribution in [0.15, 0.2) is 59.3 Å². The molecule has 1 aliphatic heterocycles. The summed E-state index contributed by atoms with van der Waals surface area (Å²) in [6.07, 6.45) is 30.0. The molecular weight excluding hydrogens is 538 g/mol. The van der Waals surface area contributed by atoms with Crippen molar-refractivity contribution in [3.63, 3.8) is 0 Å². The highest BCUT2D eigenvalue weighted by atomic mass is 16.3. The lowest BCUT2D eigenvalue weighted by molar-refractivity contribution is -0.646. The molecule has 0 unspecified atom stereocenters. The smallest absolute Gasteiger partial charge is 0.370 e. The summed E-state index contributed by atoms with van der Waals surface area (Å²) in [6, 6.07) is 12.7. The molecule has 0 N–H and O–H groups in total. The Labute approximate surface area is 266 Å². The Hall–Kier alpha value is -2.88. The number of hydrogen-bond donors (Lipinski definition) is 0. The largest absolute Gasteiger partial charge is 0.411 e. The highest BCUT2D eigenvalue weighted by molar-refractivity contribution is 5.94. The molecule has 0 saturated heterocycles. The average molecular weight is 595 g/mol. The Morgan fingerprint density at radius 2 is 1.61 bits per heavy atom. The molecular formula is C40H56N3O+. The molecule has 0 bridgehead atoms. The van der Waals surface area contributed by atoms with Crippen LogP contribution in [0.25, 0.3) is 22.9 Å². The minimum Gasteiger partial charge on any atom is -0.411 e. The van der Waals surface area contributed by atoms with E-state index in [1.165, 1.54) is 108 Å². The van der Waals surface area contributed by atoms with Crippen LogP contribution in [-0.4, -0.2) is 11.5 Å². The molecule has 44 heavy (non-hydrogen) atoms. The molecule has 6 rings (SSSR count). The lowest BCUT2D eigenvalue weighted by atomic mass is 9.68. The zero-order valence-electron chi connectivity index (χ0n) is 28.0. The number of para-hydroxylation sites is 1. The van der Waals surface area contributed by atoms with Gasteiger partial charge in [0.1, 0.15) is 0 Å². The predicted octanol–water partition coefficient (Wildman–Crippen LogP) is 10.7. The maximum Gasteiger partial charge on any atom is 0.370 e. The molecule has 0 radical (unpaired) electrons. The van der Waals surface area contributed by atoms with Crippen molar-refractivity contribution >= 4 is 28.6 Å². The van der Waals surface area contributed by atoms with Crippen LogP contribution in [0.2, 0.25) is 0 Å². The predicted molar refractivity (Wildman–Crippen MR) is 184 cm³/mol. The topological polar surface area (TPSA) is 33.1 Å². The summed E-state index contributed by atoms with van der Waals surface area (Å²) >= 11 is 0. The maximum absolute atomic E-state index is 6.04. The first-order chi connectivity index (χ1) is 21.3. The van der Waals surface area contributed by atoms with Crippen molar-refractivity contribution in [3.8, 4) is 0 Å². The molecule has 3 aromatic rings. The summed E-state index contributed by atoms with van der Waals surface area (Å²) in [5.41, 5.74) is 6.53. The van der Waals surface area contributed by atoms with Crippen LogP contribution in [0.3, 0.4) is 0 Å². The van der Waals surface area contributed by atoms with E-state index in [0.29, 0.717) is 16.7 Å². The van der Waals surface area contributed by atoms with Gasteiger partial charge in [-0.2, -0.15) is 0 Å². The number of oxazole rings is 1. The van der Waals surface area contributed by atoms with E-state index in [4.69, 9.17) is 9.40 Å². The summed E-state index contributed by atoms with van der Waals surface area (Å²) in [4.78, 5) is 7.15. The molecule has 3 heterocycles. The van der Waals surface area contributed by atoms with Gasteiger partial charge in [-0.15, -0.1) is 0 Å². The zero-order chi connectivity index (χ0) is 30.6. The third-order valence-electron chi connectivity index (χ3n) is 11.5. The summed E-state index contributed by atoms with van der Waals surface area (Å²) in [7, 11) is 2.00. The number of rotatable bonds is 11.